The van der Waals surface area contributed by atoms with Crippen molar-refractivity contribution in [2.75, 3.05) is 6.54 Å². The molecule has 0 radical (unpaired) electrons. The van der Waals surface area contributed by atoms with E-state index in [-0.39, 0.29) is 17.7 Å². The zero-order valence-electron chi connectivity index (χ0n) is 12.0. The van der Waals surface area contributed by atoms with Crippen LogP contribution in [0.3, 0.4) is 0 Å². The highest BCUT2D eigenvalue weighted by atomic mass is 19.4. The second-order valence-corrected chi connectivity index (χ2v) is 4.77. The first-order valence-electron chi connectivity index (χ1n) is 6.85. The maximum Gasteiger partial charge on any atom is 0.416 e. The molecule has 23 heavy (non-hydrogen) atoms. The van der Waals surface area contributed by atoms with Gasteiger partial charge in [-0.2, -0.15) is 18.3 Å². The summed E-state index contributed by atoms with van der Waals surface area (Å²) in [6, 6.07) is 6.90. The van der Waals surface area contributed by atoms with Crippen molar-refractivity contribution in [2.45, 2.75) is 19.1 Å². The average molecular weight is 325 g/mol. The fourth-order valence-electron chi connectivity index (χ4n) is 1.90. The Balaban J connectivity index is 1.83. The number of carbonyl (C=O) groups excluding carboxylic acids is 1. The Bertz CT molecular complexity index is 724. The van der Waals surface area contributed by atoms with Gasteiger partial charge in [-0.1, -0.05) is 0 Å². The normalized spacial score (nSPS) is 11.3. The molecule has 0 unspecified atom stereocenters. The molecule has 0 saturated carbocycles. The van der Waals surface area contributed by atoms with E-state index in [4.69, 9.17) is 0 Å². The molecule has 0 bridgehead atoms. The zero-order chi connectivity index (χ0) is 16.9. The van der Waals surface area contributed by atoms with E-state index in [1.165, 1.54) is 23.0 Å². The maximum absolute atomic E-state index is 12.4. The van der Waals surface area contributed by atoms with Crippen molar-refractivity contribution < 1.29 is 18.0 Å². The van der Waals surface area contributed by atoms with Crippen LogP contribution in [0.5, 0.6) is 0 Å². The predicted octanol–water partition coefficient (Wildman–Crippen LogP) is 2.08. The van der Waals surface area contributed by atoms with E-state index in [0.29, 0.717) is 13.0 Å². The van der Waals surface area contributed by atoms with E-state index < -0.39 is 17.6 Å². The number of aryl methyl sites for hydroxylation is 1. The first-order valence-corrected chi connectivity index (χ1v) is 6.85. The highest BCUT2D eigenvalue weighted by molar-refractivity contribution is 5.94. The summed E-state index contributed by atoms with van der Waals surface area (Å²) in [6.07, 6.45) is -2.46. The number of carbonyl (C=O) groups is 1. The van der Waals surface area contributed by atoms with Crippen LogP contribution in [-0.4, -0.2) is 22.2 Å². The van der Waals surface area contributed by atoms with E-state index in [9.17, 15) is 22.8 Å². The molecule has 0 fully saturated rings. The van der Waals surface area contributed by atoms with Crippen molar-refractivity contribution in [3.05, 3.63) is 64.1 Å². The van der Waals surface area contributed by atoms with Crippen molar-refractivity contribution in [3.63, 3.8) is 0 Å². The van der Waals surface area contributed by atoms with Crippen LogP contribution < -0.4 is 10.9 Å². The molecule has 0 aliphatic carbocycles. The summed E-state index contributed by atoms with van der Waals surface area (Å²) in [7, 11) is 0. The van der Waals surface area contributed by atoms with Crippen LogP contribution in [0.4, 0.5) is 13.2 Å². The largest absolute Gasteiger partial charge is 0.416 e. The van der Waals surface area contributed by atoms with Crippen LogP contribution in [0.2, 0.25) is 0 Å². The van der Waals surface area contributed by atoms with Crippen LogP contribution in [-0.2, 0) is 12.7 Å². The van der Waals surface area contributed by atoms with Crippen LogP contribution >= 0.6 is 0 Å². The van der Waals surface area contributed by atoms with Crippen LogP contribution in [0.15, 0.2) is 47.4 Å². The molecular weight excluding hydrogens is 311 g/mol. The number of aromatic nitrogens is 2. The lowest BCUT2D eigenvalue weighted by molar-refractivity contribution is -0.137. The van der Waals surface area contributed by atoms with Gasteiger partial charge in [-0.15, -0.1) is 0 Å². The summed E-state index contributed by atoms with van der Waals surface area (Å²) in [4.78, 5) is 23.2. The Labute approximate surface area is 129 Å². The molecule has 0 spiro atoms. The molecule has 122 valence electrons. The molecule has 1 heterocycles. The third-order valence-electron chi connectivity index (χ3n) is 3.09. The number of rotatable bonds is 5. The lowest BCUT2D eigenvalue weighted by atomic mass is 10.1. The minimum absolute atomic E-state index is 0.146. The molecule has 1 amide bonds. The SMILES string of the molecule is O=C(NCCCn1ncccc1=O)c1ccc(C(F)(F)F)cc1. The maximum atomic E-state index is 12.4. The third-order valence-corrected chi connectivity index (χ3v) is 3.09. The lowest BCUT2D eigenvalue weighted by Crippen LogP contribution is -2.27. The molecule has 8 heteroatoms. The molecule has 1 aromatic heterocycles. The van der Waals surface area contributed by atoms with E-state index in [0.717, 1.165) is 24.3 Å². The smallest absolute Gasteiger partial charge is 0.352 e. The van der Waals surface area contributed by atoms with Gasteiger partial charge in [-0.25, -0.2) is 4.68 Å². The van der Waals surface area contributed by atoms with Gasteiger partial charge in [0.15, 0.2) is 0 Å². The molecule has 0 atom stereocenters. The van der Waals surface area contributed by atoms with Gasteiger partial charge in [0.05, 0.1) is 5.56 Å². The Morgan fingerprint density at radius 1 is 1.17 bits per heavy atom. The van der Waals surface area contributed by atoms with Crippen LogP contribution in [0, 0.1) is 0 Å². The minimum atomic E-state index is -4.43. The molecular formula is C15H14F3N3O2. The van der Waals surface area contributed by atoms with Crippen molar-refractivity contribution in [1.29, 1.82) is 0 Å². The van der Waals surface area contributed by atoms with Crippen LogP contribution in [0.1, 0.15) is 22.3 Å². The highest BCUT2D eigenvalue weighted by Crippen LogP contribution is 2.28. The monoisotopic (exact) mass is 325 g/mol. The quantitative estimate of drug-likeness (QED) is 0.856. The van der Waals surface area contributed by atoms with Gasteiger partial charge in [0.2, 0.25) is 0 Å². The number of amides is 1. The number of benzene rings is 1. The summed E-state index contributed by atoms with van der Waals surface area (Å²) in [6.45, 7) is 0.621. The van der Waals surface area contributed by atoms with Gasteiger partial charge >= 0.3 is 6.18 Å². The van der Waals surface area contributed by atoms with E-state index in [1.54, 1.807) is 0 Å². The second-order valence-electron chi connectivity index (χ2n) is 4.77. The fraction of sp³-hybridized carbons (Fsp3) is 0.267. The van der Waals surface area contributed by atoms with Crippen molar-refractivity contribution in [3.8, 4) is 0 Å². The standard InChI is InChI=1S/C15H14F3N3O2/c16-15(17,18)12-6-4-11(5-7-12)14(23)19-8-2-10-21-13(22)3-1-9-20-21/h1,3-7,9H,2,8,10H2,(H,19,23). The average Bonchev–Trinajstić information content (AvgIpc) is 2.52. The van der Waals surface area contributed by atoms with Crippen molar-refractivity contribution in [2.24, 2.45) is 0 Å². The predicted molar refractivity (Wildman–Crippen MR) is 76.9 cm³/mol. The molecule has 1 aromatic carbocycles. The summed E-state index contributed by atoms with van der Waals surface area (Å²) in [5.74, 6) is -0.466. The van der Waals surface area contributed by atoms with Gasteiger partial charge in [-0.05, 0) is 36.8 Å². The molecule has 0 aliphatic heterocycles. The number of nitrogens with one attached hydrogen (secondary N) is 1. The van der Waals surface area contributed by atoms with Gasteiger partial charge in [-0.3, -0.25) is 9.59 Å². The highest BCUT2D eigenvalue weighted by Gasteiger charge is 2.30. The van der Waals surface area contributed by atoms with Crippen LogP contribution in [0.25, 0.3) is 0 Å². The first-order chi connectivity index (χ1) is 10.9. The Morgan fingerprint density at radius 3 is 2.48 bits per heavy atom. The van der Waals surface area contributed by atoms with Gasteiger partial charge in [0.1, 0.15) is 0 Å². The number of alkyl halides is 3. The van der Waals surface area contributed by atoms with Gasteiger partial charge < -0.3 is 5.32 Å². The Morgan fingerprint density at radius 2 is 1.87 bits per heavy atom. The topological polar surface area (TPSA) is 64.0 Å². The van der Waals surface area contributed by atoms with Crippen molar-refractivity contribution in [1.82, 2.24) is 15.1 Å². The van der Waals surface area contributed by atoms with Gasteiger partial charge in [0.25, 0.3) is 11.5 Å². The minimum Gasteiger partial charge on any atom is -0.352 e. The number of halogens is 3. The van der Waals surface area contributed by atoms with Gasteiger partial charge in [0, 0.05) is 30.9 Å². The second kappa shape index (κ2) is 7.08. The first kappa shape index (κ1) is 16.7. The number of nitrogens with zero attached hydrogens (tertiary/aromatic N) is 2. The van der Waals surface area contributed by atoms with E-state index >= 15 is 0 Å². The molecule has 0 aliphatic rings. The van der Waals surface area contributed by atoms with Crippen molar-refractivity contribution >= 4 is 5.91 Å². The summed E-state index contributed by atoms with van der Waals surface area (Å²) in [5.41, 5.74) is -0.891. The Hall–Kier alpha value is -2.64. The molecule has 5 nitrogen and oxygen atoms in total. The molecule has 1 N–H and O–H groups in total. The third kappa shape index (κ3) is 4.67. The van der Waals surface area contributed by atoms with E-state index in [2.05, 4.69) is 10.4 Å². The number of hydrogen-bond donors (Lipinski definition) is 1. The molecule has 2 rings (SSSR count). The van der Waals surface area contributed by atoms with E-state index in [1.807, 2.05) is 0 Å². The number of hydrogen-bond acceptors (Lipinski definition) is 3. The summed E-state index contributed by atoms with van der Waals surface area (Å²) in [5, 5.41) is 6.45. The summed E-state index contributed by atoms with van der Waals surface area (Å²) < 4.78 is 38.6. The molecule has 2 aromatic rings. The lowest BCUT2D eigenvalue weighted by Gasteiger charge is -2.08. The Kier molecular flexibility index (Phi) is 5.15. The molecule has 0 saturated heterocycles. The zero-order valence-corrected chi connectivity index (χ0v) is 12.0. The summed E-state index contributed by atoms with van der Waals surface area (Å²) >= 11 is 0. The fourth-order valence-corrected chi connectivity index (χ4v) is 1.90.